The molecule has 2 aliphatic heterocycles. The molecule has 0 bridgehead atoms. The van der Waals surface area contributed by atoms with Crippen molar-refractivity contribution in [2.45, 2.75) is 84.2 Å². The standard InChI is InChI=1S/C41H53N7O3/c1-4-35-33(36(45-32-14-18-51-19-15-32)34-25-44-48(5-2)37(34)46-35)24-40(26-41(40,38(42)49)39(43)50)23-29-9-7-11-31(22-29)30-10-6-8-28(21-30)20-27-12-16-47(3)17-13-27/h6-11,21-22,25,27,32H,4-5,12-20,23-24,26H2,1-3H3,(H2,42,49)(H2,43,50)(H,45,46). The van der Waals surface area contributed by atoms with Gasteiger partial charge in [-0.3, -0.25) is 9.59 Å². The zero-order chi connectivity index (χ0) is 35.8. The van der Waals surface area contributed by atoms with Crippen molar-refractivity contribution in [2.24, 2.45) is 28.2 Å². The predicted molar refractivity (Wildman–Crippen MR) is 201 cm³/mol. The summed E-state index contributed by atoms with van der Waals surface area (Å²) >= 11 is 0. The van der Waals surface area contributed by atoms with Crippen molar-refractivity contribution in [1.82, 2.24) is 19.7 Å². The second-order valence-corrected chi connectivity index (χ2v) is 15.3. The third-order valence-corrected chi connectivity index (χ3v) is 12.0. The molecular formula is C41H53N7O3. The summed E-state index contributed by atoms with van der Waals surface area (Å²) < 4.78 is 7.59. The van der Waals surface area contributed by atoms with Crippen LogP contribution in [0.25, 0.3) is 22.2 Å². The Hall–Kier alpha value is -4.28. The second-order valence-electron chi connectivity index (χ2n) is 15.3. The van der Waals surface area contributed by atoms with E-state index in [0.29, 0.717) is 51.4 Å². The first kappa shape index (κ1) is 35.1. The zero-order valence-electron chi connectivity index (χ0n) is 30.4. The lowest BCUT2D eigenvalue weighted by Crippen LogP contribution is -2.43. The number of amides is 2. The molecule has 5 N–H and O–H groups in total. The van der Waals surface area contributed by atoms with Crippen molar-refractivity contribution in [1.29, 1.82) is 0 Å². The van der Waals surface area contributed by atoms with Crippen LogP contribution in [-0.2, 0) is 46.6 Å². The van der Waals surface area contributed by atoms with Gasteiger partial charge in [-0.15, -0.1) is 0 Å². The Balaban J connectivity index is 1.25. The summed E-state index contributed by atoms with van der Waals surface area (Å²) in [6.45, 7) is 8.57. The Morgan fingerprint density at radius 1 is 0.941 bits per heavy atom. The van der Waals surface area contributed by atoms with Gasteiger partial charge in [0.25, 0.3) is 0 Å². The first-order valence-electron chi connectivity index (χ1n) is 18.8. The minimum Gasteiger partial charge on any atom is -0.381 e. The molecular weight excluding hydrogens is 638 g/mol. The highest BCUT2D eigenvalue weighted by Gasteiger charge is 2.74. The smallest absolute Gasteiger partial charge is 0.233 e. The SMILES string of the molecule is CCc1nc2c(cnn2CC)c(NC2CCOCC2)c1CC1(Cc2cccc(-c3cccc(CC4CCN(C)CC4)c3)c2)CC1(C(N)=O)C(N)=O. The van der Waals surface area contributed by atoms with Gasteiger partial charge >= 0.3 is 0 Å². The van der Waals surface area contributed by atoms with Crippen LogP contribution in [0.3, 0.4) is 0 Å². The van der Waals surface area contributed by atoms with E-state index in [1.165, 1.54) is 24.0 Å². The quantitative estimate of drug-likeness (QED) is 0.162. The Kier molecular flexibility index (Phi) is 9.91. The summed E-state index contributed by atoms with van der Waals surface area (Å²) in [5.41, 5.74) is 18.4. The van der Waals surface area contributed by atoms with E-state index in [4.69, 9.17) is 21.2 Å². The molecule has 10 nitrogen and oxygen atoms in total. The van der Waals surface area contributed by atoms with E-state index in [1.54, 1.807) is 0 Å². The molecule has 1 unspecified atom stereocenters. The molecule has 0 radical (unpaired) electrons. The van der Waals surface area contributed by atoms with Crippen LogP contribution in [0.15, 0.2) is 54.7 Å². The number of benzene rings is 2. The zero-order valence-corrected chi connectivity index (χ0v) is 30.4. The van der Waals surface area contributed by atoms with Gasteiger partial charge in [0.15, 0.2) is 5.65 Å². The average Bonchev–Trinajstić information content (AvgIpc) is 3.62. The Morgan fingerprint density at radius 2 is 1.61 bits per heavy atom. The summed E-state index contributed by atoms with van der Waals surface area (Å²) in [6.07, 6.45) is 9.10. The van der Waals surface area contributed by atoms with Crippen molar-refractivity contribution in [3.63, 3.8) is 0 Å². The monoisotopic (exact) mass is 691 g/mol. The highest BCUT2D eigenvalue weighted by atomic mass is 16.5. The molecule has 2 amide bonds. The molecule has 7 rings (SSSR count). The largest absolute Gasteiger partial charge is 0.381 e. The molecule has 51 heavy (non-hydrogen) atoms. The first-order chi connectivity index (χ1) is 24.7. The molecule has 3 aliphatic rings. The van der Waals surface area contributed by atoms with E-state index in [1.807, 2.05) is 10.9 Å². The number of hydrogen-bond donors (Lipinski definition) is 3. The lowest BCUT2D eigenvalue weighted by atomic mass is 9.79. The molecule has 2 aromatic carbocycles. The number of hydrogen-bond acceptors (Lipinski definition) is 7. The van der Waals surface area contributed by atoms with Gasteiger partial charge in [0, 0.05) is 36.9 Å². The molecule has 2 aromatic heterocycles. The Bertz CT molecular complexity index is 1890. The summed E-state index contributed by atoms with van der Waals surface area (Å²) in [4.78, 5) is 34.2. The summed E-state index contributed by atoms with van der Waals surface area (Å²) in [7, 11) is 2.20. The maximum Gasteiger partial charge on any atom is 0.233 e. The molecule has 4 heterocycles. The topological polar surface area (TPSA) is 141 Å². The number of rotatable bonds is 13. The Morgan fingerprint density at radius 3 is 2.24 bits per heavy atom. The third-order valence-electron chi connectivity index (χ3n) is 12.0. The molecule has 0 spiro atoms. The molecule has 1 atom stereocenters. The summed E-state index contributed by atoms with van der Waals surface area (Å²) in [5, 5.41) is 9.47. The van der Waals surface area contributed by atoms with Crippen molar-refractivity contribution in [3.05, 3.63) is 77.1 Å². The van der Waals surface area contributed by atoms with Gasteiger partial charge in [0.1, 0.15) is 5.41 Å². The van der Waals surface area contributed by atoms with Crippen molar-refractivity contribution in [3.8, 4) is 11.1 Å². The van der Waals surface area contributed by atoms with Crippen molar-refractivity contribution in [2.75, 3.05) is 38.7 Å². The van der Waals surface area contributed by atoms with E-state index in [2.05, 4.69) is 84.7 Å². The van der Waals surface area contributed by atoms with Gasteiger partial charge in [0.2, 0.25) is 11.8 Å². The summed E-state index contributed by atoms with van der Waals surface area (Å²) in [5.74, 6) is -0.604. The molecule has 10 heteroatoms. The highest BCUT2D eigenvalue weighted by molar-refractivity contribution is 6.08. The molecule has 1 saturated carbocycles. The summed E-state index contributed by atoms with van der Waals surface area (Å²) in [6, 6.07) is 17.6. The van der Waals surface area contributed by atoms with Crippen LogP contribution in [0, 0.1) is 16.7 Å². The van der Waals surface area contributed by atoms with Crippen molar-refractivity contribution < 1.29 is 14.3 Å². The maximum absolute atomic E-state index is 13.3. The van der Waals surface area contributed by atoms with E-state index in [9.17, 15) is 9.59 Å². The molecule has 2 saturated heterocycles. The highest BCUT2D eigenvalue weighted by Crippen LogP contribution is 2.67. The van der Waals surface area contributed by atoms with Crippen LogP contribution in [0.1, 0.15) is 68.3 Å². The second kappa shape index (κ2) is 14.4. The molecule has 270 valence electrons. The number of primary amides is 2. The molecule has 3 fully saturated rings. The number of aromatic nitrogens is 3. The average molecular weight is 692 g/mol. The van der Waals surface area contributed by atoms with Crippen LogP contribution in [0.4, 0.5) is 5.69 Å². The number of fused-ring (bicyclic) bond motifs is 1. The van der Waals surface area contributed by atoms with Crippen molar-refractivity contribution >= 4 is 28.5 Å². The number of anilines is 1. The van der Waals surface area contributed by atoms with Crippen LogP contribution >= 0.6 is 0 Å². The molecule has 1 aliphatic carbocycles. The number of nitrogens with zero attached hydrogens (tertiary/aromatic N) is 4. The van der Waals surface area contributed by atoms with Gasteiger partial charge in [-0.25, -0.2) is 9.67 Å². The first-order valence-corrected chi connectivity index (χ1v) is 18.8. The third kappa shape index (κ3) is 6.76. The number of likely N-dealkylation sites (tertiary alicyclic amines) is 1. The van der Waals surface area contributed by atoms with E-state index < -0.39 is 22.6 Å². The lowest BCUT2D eigenvalue weighted by molar-refractivity contribution is -0.135. The lowest BCUT2D eigenvalue weighted by Gasteiger charge is -2.29. The number of piperidine rings is 1. The van der Waals surface area contributed by atoms with Gasteiger partial charge in [-0.1, -0.05) is 55.5 Å². The predicted octanol–water partition coefficient (Wildman–Crippen LogP) is 5.29. The maximum atomic E-state index is 13.3. The minimum absolute atomic E-state index is 0.219. The minimum atomic E-state index is -1.46. The van der Waals surface area contributed by atoms with E-state index in [0.717, 1.165) is 71.5 Å². The fraction of sp³-hybridized carbons (Fsp3) is 0.512. The number of nitrogens with two attached hydrogens (primary N) is 2. The van der Waals surface area contributed by atoms with Crippen LogP contribution < -0.4 is 16.8 Å². The van der Waals surface area contributed by atoms with Gasteiger partial charge < -0.3 is 26.4 Å². The van der Waals surface area contributed by atoms with Crippen LogP contribution in [0.5, 0.6) is 0 Å². The van der Waals surface area contributed by atoms with E-state index in [-0.39, 0.29) is 6.04 Å². The van der Waals surface area contributed by atoms with Crippen LogP contribution in [-0.4, -0.2) is 70.9 Å². The number of ether oxygens (including phenoxy) is 1. The normalized spacial score (nSPS) is 21.2. The van der Waals surface area contributed by atoms with Gasteiger partial charge in [0.05, 0.1) is 17.3 Å². The fourth-order valence-electron chi connectivity index (χ4n) is 8.94. The molecule has 4 aromatic rings. The number of carbonyl (C=O) groups is 2. The number of aryl methyl sites for hydroxylation is 2. The fourth-order valence-corrected chi connectivity index (χ4v) is 8.94. The number of carbonyl (C=O) groups excluding carboxylic acids is 2. The van der Waals surface area contributed by atoms with Gasteiger partial charge in [-0.2, -0.15) is 5.10 Å². The van der Waals surface area contributed by atoms with E-state index >= 15 is 0 Å². The number of pyridine rings is 1. The van der Waals surface area contributed by atoms with Gasteiger partial charge in [-0.05, 0) is 119 Å². The number of nitrogens with one attached hydrogen (secondary N) is 1. The van der Waals surface area contributed by atoms with Crippen LogP contribution in [0.2, 0.25) is 0 Å². The Labute approximate surface area is 301 Å².